The summed E-state index contributed by atoms with van der Waals surface area (Å²) in [6, 6.07) is 17.1. The molecule has 0 radical (unpaired) electrons. The van der Waals surface area contributed by atoms with Crippen LogP contribution in [0.15, 0.2) is 54.6 Å². The number of carbonyl (C=O) groups is 2. The summed E-state index contributed by atoms with van der Waals surface area (Å²) in [7, 11) is -0.738. The Morgan fingerprint density at radius 2 is 1.65 bits per heavy atom. The lowest BCUT2D eigenvalue weighted by Gasteiger charge is -2.23. The third-order valence-corrected chi connectivity index (χ3v) is 8.59. The summed E-state index contributed by atoms with van der Waals surface area (Å²) in [6.45, 7) is 2.25. The number of benzene rings is 2. The van der Waals surface area contributed by atoms with Crippen LogP contribution in [0, 0.1) is 0 Å². The smallest absolute Gasteiger partial charge is 0.254 e. The summed E-state index contributed by atoms with van der Waals surface area (Å²) in [6.07, 6.45) is 2.13. The maximum atomic E-state index is 13.8. The van der Waals surface area contributed by atoms with E-state index < -0.39 is 28.3 Å². The number of aliphatic hydroxyl groups is 1. The quantitative estimate of drug-likeness (QED) is 0.278. The third-order valence-electron chi connectivity index (χ3n) is 6.26. The van der Waals surface area contributed by atoms with Crippen molar-refractivity contribution in [3.05, 3.63) is 81.0 Å². The van der Waals surface area contributed by atoms with E-state index >= 15 is 0 Å². The molecule has 9 nitrogen and oxygen atoms in total. The first-order valence-corrected chi connectivity index (χ1v) is 15.5. The second kappa shape index (κ2) is 14.8. The molecule has 2 N–H and O–H groups in total. The maximum Gasteiger partial charge on any atom is 0.254 e. The fourth-order valence-electron chi connectivity index (χ4n) is 4.34. The molecule has 0 atom stereocenters. The molecule has 1 aromatic heterocycles. The number of nitrogens with one attached hydrogen (secondary N) is 1. The average Bonchev–Trinajstić information content (AvgIpc) is 3.37. The lowest BCUT2D eigenvalue weighted by molar-refractivity contribution is -0.118. The molecule has 0 aliphatic heterocycles. The molecular weight excluding hydrogens is 552 g/mol. The van der Waals surface area contributed by atoms with E-state index in [0.717, 1.165) is 23.3 Å². The number of nitrogens with zero attached hydrogens (tertiary/aromatic N) is 1. The monoisotopic (exact) mass is 588 g/mol. The topological polar surface area (TPSA) is 122 Å². The van der Waals surface area contributed by atoms with Crippen LogP contribution in [0.5, 0.6) is 11.5 Å². The molecule has 0 spiro atoms. The summed E-state index contributed by atoms with van der Waals surface area (Å²) in [5, 5.41) is 8.86. The van der Waals surface area contributed by atoms with Crippen molar-refractivity contribution in [1.29, 1.82) is 0 Å². The fourth-order valence-corrected chi connectivity index (χ4v) is 6.13. The van der Waals surface area contributed by atoms with Crippen LogP contribution < -0.4 is 14.2 Å². The molecule has 0 saturated heterocycles. The molecule has 11 heteroatoms. The Kier molecular flexibility index (Phi) is 11.5. The van der Waals surface area contributed by atoms with Gasteiger partial charge in [-0.2, -0.15) is 0 Å². The number of aryl methyl sites for hydroxylation is 1. The molecule has 0 aliphatic rings. The first-order valence-electron chi connectivity index (χ1n) is 13.0. The van der Waals surface area contributed by atoms with Crippen molar-refractivity contribution >= 4 is 33.2 Å². The molecular formula is C29H36N2O7S2. The Morgan fingerprint density at radius 3 is 2.25 bits per heavy atom. The van der Waals surface area contributed by atoms with Gasteiger partial charge in [0.15, 0.2) is 0 Å². The van der Waals surface area contributed by atoms with Gasteiger partial charge in [0.05, 0.1) is 39.5 Å². The number of hydrogen-bond donors (Lipinski definition) is 2. The minimum absolute atomic E-state index is 0.121. The SMILES string of the molecule is CCc1c(OC)cc(C(=O)N(CCCc2ccccc2)Cc2ccc(CC(=O)NS(=O)(=O)CCO)s2)cc1OC. The average molecular weight is 589 g/mol. The molecule has 216 valence electrons. The van der Waals surface area contributed by atoms with Gasteiger partial charge in [-0.15, -0.1) is 11.3 Å². The van der Waals surface area contributed by atoms with Crippen molar-refractivity contribution in [3.63, 3.8) is 0 Å². The zero-order chi connectivity index (χ0) is 29.1. The van der Waals surface area contributed by atoms with Gasteiger partial charge in [0.25, 0.3) is 5.91 Å². The molecule has 2 aromatic carbocycles. The van der Waals surface area contributed by atoms with E-state index in [1.54, 1.807) is 37.3 Å². The molecule has 0 saturated carbocycles. The highest BCUT2D eigenvalue weighted by Gasteiger charge is 2.22. The number of rotatable bonds is 15. The van der Waals surface area contributed by atoms with Gasteiger partial charge in [-0.1, -0.05) is 37.3 Å². The van der Waals surface area contributed by atoms with Crippen molar-refractivity contribution < 1.29 is 32.6 Å². The molecule has 3 aromatic rings. The molecule has 1 heterocycles. The zero-order valence-electron chi connectivity index (χ0n) is 23.0. The molecule has 0 fully saturated rings. The van der Waals surface area contributed by atoms with Crippen LogP contribution in [-0.4, -0.2) is 63.4 Å². The maximum absolute atomic E-state index is 13.8. The molecule has 0 unspecified atom stereocenters. The van der Waals surface area contributed by atoms with E-state index in [9.17, 15) is 18.0 Å². The van der Waals surface area contributed by atoms with E-state index in [1.165, 1.54) is 16.9 Å². The Bertz CT molecular complexity index is 1360. The van der Waals surface area contributed by atoms with E-state index in [0.29, 0.717) is 41.4 Å². The molecule has 0 bridgehead atoms. The summed E-state index contributed by atoms with van der Waals surface area (Å²) in [5.74, 6) is -0.198. The number of carbonyl (C=O) groups excluding carboxylic acids is 2. The zero-order valence-corrected chi connectivity index (χ0v) is 24.6. The highest BCUT2D eigenvalue weighted by Crippen LogP contribution is 2.32. The highest BCUT2D eigenvalue weighted by atomic mass is 32.2. The van der Waals surface area contributed by atoms with Gasteiger partial charge in [-0.25, -0.2) is 8.42 Å². The number of ether oxygens (including phenoxy) is 2. The van der Waals surface area contributed by atoms with Gasteiger partial charge >= 0.3 is 0 Å². The molecule has 40 heavy (non-hydrogen) atoms. The van der Waals surface area contributed by atoms with Crippen LogP contribution in [-0.2, 0) is 40.6 Å². The third kappa shape index (κ3) is 8.80. The predicted molar refractivity (Wildman–Crippen MR) is 155 cm³/mol. The van der Waals surface area contributed by atoms with Gasteiger partial charge in [-0.3, -0.25) is 14.3 Å². The van der Waals surface area contributed by atoms with Crippen LogP contribution in [0.4, 0.5) is 0 Å². The predicted octanol–water partition coefficient (Wildman–Crippen LogP) is 3.58. The van der Waals surface area contributed by atoms with Gasteiger partial charge in [-0.05, 0) is 49.1 Å². The van der Waals surface area contributed by atoms with Crippen molar-refractivity contribution in [2.75, 3.05) is 33.1 Å². The van der Waals surface area contributed by atoms with Crippen molar-refractivity contribution in [3.8, 4) is 11.5 Å². The summed E-state index contributed by atoms with van der Waals surface area (Å²) in [5.41, 5.74) is 2.53. The number of thiophene rings is 1. The van der Waals surface area contributed by atoms with Crippen molar-refractivity contribution in [2.45, 2.75) is 39.2 Å². The van der Waals surface area contributed by atoms with E-state index in [1.807, 2.05) is 35.9 Å². The highest BCUT2D eigenvalue weighted by molar-refractivity contribution is 7.90. The van der Waals surface area contributed by atoms with E-state index in [4.69, 9.17) is 14.6 Å². The van der Waals surface area contributed by atoms with Crippen molar-refractivity contribution in [2.24, 2.45) is 0 Å². The summed E-state index contributed by atoms with van der Waals surface area (Å²) in [4.78, 5) is 29.3. The number of aliphatic hydroxyl groups excluding tert-OH is 1. The van der Waals surface area contributed by atoms with Gasteiger partial charge in [0.1, 0.15) is 11.5 Å². The minimum Gasteiger partial charge on any atom is -0.496 e. The van der Waals surface area contributed by atoms with Crippen molar-refractivity contribution in [1.82, 2.24) is 9.62 Å². The van der Waals surface area contributed by atoms with Gasteiger partial charge in [0.2, 0.25) is 15.9 Å². The Balaban J connectivity index is 1.80. The Labute approximate surface area is 239 Å². The van der Waals surface area contributed by atoms with Gasteiger partial charge in [0, 0.05) is 27.4 Å². The number of methoxy groups -OCH3 is 2. The summed E-state index contributed by atoms with van der Waals surface area (Å²) >= 11 is 1.34. The number of sulfonamides is 1. The fraction of sp³-hybridized carbons (Fsp3) is 0.379. The van der Waals surface area contributed by atoms with Crippen LogP contribution >= 0.6 is 11.3 Å². The normalized spacial score (nSPS) is 11.2. The number of hydrogen-bond acceptors (Lipinski definition) is 8. The number of amides is 2. The second-order valence-electron chi connectivity index (χ2n) is 9.14. The second-order valence-corrected chi connectivity index (χ2v) is 12.2. The molecule has 2 amide bonds. The molecule has 0 aliphatic carbocycles. The van der Waals surface area contributed by atoms with E-state index in [-0.39, 0.29) is 12.3 Å². The largest absolute Gasteiger partial charge is 0.496 e. The summed E-state index contributed by atoms with van der Waals surface area (Å²) < 4.78 is 36.6. The van der Waals surface area contributed by atoms with E-state index in [2.05, 4.69) is 12.1 Å². The van der Waals surface area contributed by atoms with Crippen LogP contribution in [0.3, 0.4) is 0 Å². The lowest BCUT2D eigenvalue weighted by atomic mass is 10.0. The Morgan fingerprint density at radius 1 is 1.00 bits per heavy atom. The first-order chi connectivity index (χ1) is 19.2. The van der Waals surface area contributed by atoms with Crippen LogP contribution in [0.2, 0.25) is 0 Å². The first kappa shape index (κ1) is 31.1. The Hall–Kier alpha value is -3.41. The van der Waals surface area contributed by atoms with Crippen LogP contribution in [0.25, 0.3) is 0 Å². The standard InChI is InChI=1S/C29H36N2O7S2/c1-4-25-26(37-2)17-22(18-27(25)38-3)29(34)31(14-8-11-21-9-6-5-7-10-21)20-24-13-12-23(39-24)19-28(33)30-40(35,36)16-15-32/h5-7,9-10,12-13,17-18,32H,4,8,11,14-16,19-20H2,1-3H3,(H,30,33). The lowest BCUT2D eigenvalue weighted by Crippen LogP contribution is -2.34. The minimum atomic E-state index is -3.87. The van der Waals surface area contributed by atoms with Gasteiger partial charge < -0.3 is 19.5 Å². The molecule has 3 rings (SSSR count). The van der Waals surface area contributed by atoms with Crippen LogP contribution in [0.1, 0.15) is 44.6 Å².